The maximum Gasteiger partial charge on any atom is 0.472 e. The van der Waals surface area contributed by atoms with Crippen LogP contribution in [0.5, 0.6) is 0 Å². The third-order valence-corrected chi connectivity index (χ3v) is 17.7. The summed E-state index contributed by atoms with van der Waals surface area (Å²) in [6.45, 7) is 4.73. The Balaban J connectivity index is 5.40. The zero-order valence-corrected chi connectivity index (χ0v) is 62.3. The molecule has 0 saturated heterocycles. The first-order chi connectivity index (χ1) is 46.7. The Morgan fingerprint density at radius 2 is 0.521 bits per heavy atom. The fourth-order valence-electron chi connectivity index (χ4n) is 9.96. The summed E-state index contributed by atoms with van der Waals surface area (Å²) >= 11 is 0. The van der Waals surface area contributed by atoms with Gasteiger partial charge in [0.2, 0.25) is 0 Å². The number of hydrogen-bond donors (Lipinski definition) is 3. The van der Waals surface area contributed by atoms with Crippen LogP contribution in [-0.2, 0) is 65.4 Å². The molecule has 0 heterocycles. The Morgan fingerprint density at radius 1 is 0.292 bits per heavy atom. The van der Waals surface area contributed by atoms with Gasteiger partial charge in [-0.25, -0.2) is 9.13 Å². The number of ether oxygens (including phenoxy) is 4. The van der Waals surface area contributed by atoms with Crippen molar-refractivity contribution in [3.63, 3.8) is 0 Å². The number of phosphoric acid groups is 2. The van der Waals surface area contributed by atoms with Crippen LogP contribution in [0.15, 0.2) is 85.1 Å². The Bertz CT molecular complexity index is 2160. The van der Waals surface area contributed by atoms with Gasteiger partial charge in [0.25, 0.3) is 0 Å². The minimum Gasteiger partial charge on any atom is -0.462 e. The number of aliphatic hydroxyl groups excluding tert-OH is 1. The van der Waals surface area contributed by atoms with Crippen LogP contribution in [0.3, 0.4) is 0 Å². The molecule has 0 aliphatic rings. The van der Waals surface area contributed by atoms with Crippen molar-refractivity contribution in [1.29, 1.82) is 0 Å². The molecular formula is C77H136O17P2. The molecule has 2 unspecified atom stereocenters. The molecule has 0 aromatic carbocycles. The van der Waals surface area contributed by atoms with Crippen LogP contribution in [0.1, 0.15) is 323 Å². The zero-order valence-electron chi connectivity index (χ0n) is 60.5. The van der Waals surface area contributed by atoms with Crippen LogP contribution in [0.4, 0.5) is 0 Å². The highest BCUT2D eigenvalue weighted by molar-refractivity contribution is 7.47. The van der Waals surface area contributed by atoms with Gasteiger partial charge in [0.15, 0.2) is 12.2 Å². The smallest absolute Gasteiger partial charge is 0.462 e. The van der Waals surface area contributed by atoms with E-state index < -0.39 is 97.5 Å². The molecule has 0 saturated carbocycles. The van der Waals surface area contributed by atoms with Crippen molar-refractivity contribution < 1.29 is 80.2 Å². The van der Waals surface area contributed by atoms with Gasteiger partial charge in [0.05, 0.1) is 26.4 Å². The Kier molecular flexibility index (Phi) is 67.0. The van der Waals surface area contributed by atoms with Gasteiger partial charge in [-0.1, -0.05) is 241 Å². The predicted molar refractivity (Wildman–Crippen MR) is 390 cm³/mol. The minimum atomic E-state index is -4.99. The lowest BCUT2D eigenvalue weighted by Gasteiger charge is -2.21. The van der Waals surface area contributed by atoms with E-state index in [1.54, 1.807) is 0 Å². The second-order valence-corrected chi connectivity index (χ2v) is 28.1. The number of carbonyl (C=O) groups excluding carboxylic acids is 4. The first-order valence-electron chi connectivity index (χ1n) is 37.8. The summed E-state index contributed by atoms with van der Waals surface area (Å²) in [6, 6.07) is 0. The van der Waals surface area contributed by atoms with Crippen LogP contribution in [-0.4, -0.2) is 96.7 Å². The minimum absolute atomic E-state index is 0.0186. The van der Waals surface area contributed by atoms with E-state index in [4.69, 9.17) is 37.0 Å². The molecule has 0 amide bonds. The van der Waals surface area contributed by atoms with Crippen molar-refractivity contribution in [3.05, 3.63) is 85.1 Å². The molecule has 0 bridgehead atoms. The normalized spacial score (nSPS) is 14.4. The highest BCUT2D eigenvalue weighted by atomic mass is 31.2. The fraction of sp³-hybridized carbons (Fsp3) is 0.766. The number of phosphoric ester groups is 2. The molecule has 3 N–H and O–H groups in total. The highest BCUT2D eigenvalue weighted by Gasteiger charge is 2.30. The van der Waals surface area contributed by atoms with Crippen LogP contribution in [0, 0.1) is 0 Å². The number of rotatable bonds is 71. The van der Waals surface area contributed by atoms with E-state index in [9.17, 15) is 43.2 Å². The second kappa shape index (κ2) is 69.7. The zero-order chi connectivity index (χ0) is 70.4. The predicted octanol–water partition coefficient (Wildman–Crippen LogP) is 21.4. The average Bonchev–Trinajstić information content (AvgIpc) is 1.26. The third-order valence-electron chi connectivity index (χ3n) is 15.8. The molecule has 0 spiro atoms. The molecule has 0 aliphatic heterocycles. The Labute approximate surface area is 583 Å². The summed E-state index contributed by atoms with van der Waals surface area (Å²) in [4.78, 5) is 72.7. The van der Waals surface area contributed by atoms with Gasteiger partial charge in [-0.15, -0.1) is 0 Å². The topological polar surface area (TPSA) is 237 Å². The second-order valence-electron chi connectivity index (χ2n) is 25.2. The molecule has 0 radical (unpaired) electrons. The third kappa shape index (κ3) is 68.8. The summed E-state index contributed by atoms with van der Waals surface area (Å²) in [7, 11) is -9.96. The lowest BCUT2D eigenvalue weighted by Crippen LogP contribution is -2.30. The van der Waals surface area contributed by atoms with E-state index in [2.05, 4.69) is 101 Å². The first-order valence-corrected chi connectivity index (χ1v) is 40.8. The van der Waals surface area contributed by atoms with Gasteiger partial charge in [-0.2, -0.15) is 0 Å². The maximum absolute atomic E-state index is 13.1. The SMILES string of the molecule is CCCCC/C=C\C/C=C\C/C=C\C/C=C\CCCC(=O)O[C@H](COC(=O)CCCCCCC/C=C\CCCCCC)COP(=O)(O)OC[C@@H](O)COP(=O)(O)OC[C@@H](COC(=O)CCCCCCC/C=C\CCCCCC)OC(=O)CCCCCCC/C=C\CCCCCC. The van der Waals surface area contributed by atoms with Crippen LogP contribution in [0.2, 0.25) is 0 Å². The molecule has 0 aromatic heterocycles. The van der Waals surface area contributed by atoms with E-state index in [0.717, 1.165) is 141 Å². The molecule has 19 heteroatoms. The molecule has 0 aromatic rings. The monoisotopic (exact) mass is 1390 g/mol. The van der Waals surface area contributed by atoms with Gasteiger partial charge < -0.3 is 33.8 Å². The van der Waals surface area contributed by atoms with Gasteiger partial charge in [-0.05, 0) is 141 Å². The van der Waals surface area contributed by atoms with E-state index in [1.165, 1.54) is 96.3 Å². The molecular weight excluding hydrogens is 1260 g/mol. The summed E-state index contributed by atoms with van der Waals surface area (Å²) in [6.07, 6.45) is 70.1. The van der Waals surface area contributed by atoms with E-state index in [0.29, 0.717) is 32.1 Å². The van der Waals surface area contributed by atoms with Crippen molar-refractivity contribution >= 4 is 39.5 Å². The van der Waals surface area contributed by atoms with Crippen molar-refractivity contribution in [2.24, 2.45) is 0 Å². The molecule has 0 aliphatic carbocycles. The quantitative estimate of drug-likeness (QED) is 0.0169. The van der Waals surface area contributed by atoms with Crippen LogP contribution in [0.25, 0.3) is 0 Å². The summed E-state index contributed by atoms with van der Waals surface area (Å²) in [5.74, 6) is -2.26. The average molecular weight is 1400 g/mol. The molecule has 0 fully saturated rings. The first kappa shape index (κ1) is 92.2. The number of hydrogen-bond acceptors (Lipinski definition) is 15. The van der Waals surface area contributed by atoms with Crippen molar-refractivity contribution in [1.82, 2.24) is 0 Å². The maximum atomic E-state index is 13.1. The molecule has 556 valence electrons. The Morgan fingerprint density at radius 3 is 0.854 bits per heavy atom. The molecule has 96 heavy (non-hydrogen) atoms. The molecule has 5 atom stereocenters. The number of esters is 4. The number of aliphatic hydroxyl groups is 1. The van der Waals surface area contributed by atoms with E-state index >= 15 is 0 Å². The largest absolute Gasteiger partial charge is 0.472 e. The van der Waals surface area contributed by atoms with Crippen molar-refractivity contribution in [3.8, 4) is 0 Å². The van der Waals surface area contributed by atoms with Gasteiger partial charge in [0, 0.05) is 25.7 Å². The van der Waals surface area contributed by atoms with Crippen molar-refractivity contribution in [2.75, 3.05) is 39.6 Å². The fourth-order valence-corrected chi connectivity index (χ4v) is 11.5. The molecule has 0 rings (SSSR count). The lowest BCUT2D eigenvalue weighted by molar-refractivity contribution is -0.161. The summed E-state index contributed by atoms with van der Waals surface area (Å²) in [5, 5.41) is 10.6. The number of allylic oxidation sites excluding steroid dienone is 14. The molecule has 17 nitrogen and oxygen atoms in total. The van der Waals surface area contributed by atoms with Crippen LogP contribution >= 0.6 is 15.6 Å². The van der Waals surface area contributed by atoms with Gasteiger partial charge in [0.1, 0.15) is 19.3 Å². The highest BCUT2D eigenvalue weighted by Crippen LogP contribution is 2.45. The lowest BCUT2D eigenvalue weighted by atomic mass is 10.1. The van der Waals surface area contributed by atoms with Gasteiger partial charge in [-0.3, -0.25) is 37.3 Å². The van der Waals surface area contributed by atoms with E-state index in [1.807, 2.05) is 12.2 Å². The van der Waals surface area contributed by atoms with Gasteiger partial charge >= 0.3 is 39.5 Å². The standard InChI is InChI=1S/C77H136O17P2/c1-5-9-13-17-21-25-29-33-34-35-36-40-44-48-52-56-60-64-77(82)94-73(68-88-75(80)62-58-54-50-46-42-38-31-27-23-19-15-11-7-3)70-92-96(85,86)90-66-71(78)65-89-95(83,84)91-69-72(93-76(81)63-59-55-51-47-43-39-32-28-24-20-16-12-8-4)67-87-74(79)61-57-53-49-45-41-37-30-26-22-18-14-10-6-2/h21,25-28,30-34,36,40,48,52,71-73,78H,5-20,22-24,29,35,37-39,41-47,49-51,53-70H2,1-4H3,(H,83,84)(H,85,86)/b25-21-,30-26-,31-27-,32-28-,34-33-,40-36-,52-48-/t71-,72+,73+/m0/s1. The summed E-state index contributed by atoms with van der Waals surface area (Å²) < 4.78 is 68.3. The summed E-state index contributed by atoms with van der Waals surface area (Å²) in [5.41, 5.74) is 0. The van der Waals surface area contributed by atoms with E-state index in [-0.39, 0.29) is 25.7 Å². The number of carbonyl (C=O) groups is 4. The van der Waals surface area contributed by atoms with Crippen molar-refractivity contribution in [2.45, 2.75) is 341 Å². The van der Waals surface area contributed by atoms with Crippen LogP contribution < -0.4 is 0 Å². The Hall–Kier alpha value is -3.76. The number of unbranched alkanes of at least 4 members (excludes halogenated alkanes) is 31.